The number of nitrogens with one attached hydrogen (secondary N) is 2. The average molecular weight is 841 g/mol. The molecule has 0 aromatic carbocycles. The van der Waals surface area contributed by atoms with Gasteiger partial charge in [0.15, 0.2) is 6.29 Å². The molecule has 348 valence electrons. The van der Waals surface area contributed by atoms with E-state index in [1.165, 1.54) is 25.7 Å². The van der Waals surface area contributed by atoms with Crippen molar-refractivity contribution in [2.45, 2.75) is 232 Å². The fourth-order valence-corrected chi connectivity index (χ4v) is 12.1. The van der Waals surface area contributed by atoms with Gasteiger partial charge >= 0.3 is 0 Å². The number of fused-ring (bicyclic) bond motifs is 5. The number of hydrogen-bond acceptors (Lipinski definition) is 11. The lowest BCUT2D eigenvalue weighted by molar-refractivity contribution is -0.190. The maximum absolute atomic E-state index is 11.6. The largest absolute Gasteiger partial charge is 0.393 e. The monoisotopic (exact) mass is 841 g/mol. The Balaban J connectivity index is 1.17. The molecule has 13 atom stereocenters. The van der Waals surface area contributed by atoms with Crippen LogP contribution in [0.2, 0.25) is 0 Å². The summed E-state index contributed by atoms with van der Waals surface area (Å²) in [6.45, 7) is 21.2. The molecular weight excluding hydrogens is 749 g/mol. The fourth-order valence-electron chi connectivity index (χ4n) is 12.1. The number of methoxy groups -OCH3 is 1. The normalized spacial score (nSPS) is 32.8. The number of hydrogen-bond donors (Lipinski definition) is 7. The number of ether oxygens (including phenoxy) is 4. The van der Waals surface area contributed by atoms with E-state index in [4.69, 9.17) is 18.9 Å². The van der Waals surface area contributed by atoms with Crippen molar-refractivity contribution in [3.63, 3.8) is 0 Å². The molecule has 4 fully saturated rings. The molecule has 11 heteroatoms. The number of rotatable bonds is 27. The molecule has 0 amide bonds. The Morgan fingerprint density at radius 1 is 0.712 bits per heavy atom. The molecule has 4 saturated carbocycles. The standard InChI is InChI=1S/C48H92N2O9/c1-11-46(7,12-2)43(55)38(16-13-14-28-49-40(52)25-29-57-45(5,6)32-58-44(3,4)31-56-10)50-41(53)17-15-18-42(54)59-39-22-21-36-35-20-19-33-30-34(51)23-26-47(33,8)37(35)24-27-48(36,39)9/h33-43,49-55H,11-32H2,1-10H3. The highest BCUT2D eigenvalue weighted by atomic mass is 16.6. The van der Waals surface area contributed by atoms with Crippen LogP contribution in [0.3, 0.4) is 0 Å². The van der Waals surface area contributed by atoms with Crippen LogP contribution in [0.1, 0.15) is 178 Å². The van der Waals surface area contributed by atoms with Crippen molar-refractivity contribution in [2.75, 3.05) is 33.5 Å². The second-order valence-corrected chi connectivity index (χ2v) is 21.7. The van der Waals surface area contributed by atoms with Crippen molar-refractivity contribution in [2.24, 2.45) is 39.9 Å². The predicted octanol–water partition coefficient (Wildman–Crippen LogP) is 7.43. The zero-order valence-corrected chi connectivity index (χ0v) is 39.3. The first-order valence-corrected chi connectivity index (χ1v) is 24.0. The Morgan fingerprint density at radius 3 is 2.08 bits per heavy atom. The molecule has 0 aliphatic heterocycles. The third-order valence-corrected chi connectivity index (χ3v) is 16.4. The molecule has 0 radical (unpaired) electrons. The van der Waals surface area contributed by atoms with Crippen molar-refractivity contribution < 1.29 is 44.5 Å². The van der Waals surface area contributed by atoms with Gasteiger partial charge in [-0.25, -0.2) is 0 Å². The number of aliphatic hydroxyl groups is 5. The summed E-state index contributed by atoms with van der Waals surface area (Å²) in [7, 11) is 1.66. The van der Waals surface area contributed by atoms with Gasteiger partial charge in [0.05, 0.1) is 49.3 Å². The molecule has 4 rings (SSSR count). The van der Waals surface area contributed by atoms with Crippen LogP contribution in [-0.2, 0) is 18.9 Å². The van der Waals surface area contributed by atoms with Gasteiger partial charge in [-0.1, -0.05) is 41.0 Å². The Hall–Kier alpha value is -0.440. The third-order valence-electron chi connectivity index (χ3n) is 16.4. The quantitative estimate of drug-likeness (QED) is 0.0326. The highest BCUT2D eigenvalue weighted by Gasteiger charge is 2.60. The molecular formula is C48H92N2O9. The van der Waals surface area contributed by atoms with Crippen molar-refractivity contribution in [1.82, 2.24) is 10.6 Å². The molecule has 0 heterocycles. The second-order valence-electron chi connectivity index (χ2n) is 21.7. The SMILES string of the molecule is CCC(C)(CC)C(O)C(CCCCNC(O)CCOC(C)(C)COC(C)(C)COC)NC(O)CCCC(O)OC1CCC2C3CCC4CC(O)CCC4(C)C3CCC12C. The van der Waals surface area contributed by atoms with Gasteiger partial charge in [-0.2, -0.15) is 0 Å². The Morgan fingerprint density at radius 2 is 1.39 bits per heavy atom. The number of unbranched alkanes of at least 4 members (excludes halogenated alkanes) is 1. The third kappa shape index (κ3) is 13.8. The van der Waals surface area contributed by atoms with Gasteiger partial charge in [0.25, 0.3) is 0 Å². The molecule has 4 aliphatic rings. The van der Waals surface area contributed by atoms with Crippen LogP contribution in [-0.4, -0.2) is 113 Å². The smallest absolute Gasteiger partial charge is 0.154 e. The maximum atomic E-state index is 11.6. The molecule has 7 N–H and O–H groups in total. The van der Waals surface area contributed by atoms with Crippen molar-refractivity contribution in [3.8, 4) is 0 Å². The van der Waals surface area contributed by atoms with Gasteiger partial charge in [-0.15, -0.1) is 0 Å². The van der Waals surface area contributed by atoms with Crippen LogP contribution in [0.15, 0.2) is 0 Å². The van der Waals surface area contributed by atoms with E-state index in [1.54, 1.807) is 7.11 Å². The first-order chi connectivity index (χ1) is 27.7. The van der Waals surface area contributed by atoms with Crippen LogP contribution in [0.5, 0.6) is 0 Å². The summed E-state index contributed by atoms with van der Waals surface area (Å²) in [4.78, 5) is 0. The van der Waals surface area contributed by atoms with Crippen LogP contribution >= 0.6 is 0 Å². The van der Waals surface area contributed by atoms with E-state index in [2.05, 4.69) is 45.3 Å². The highest BCUT2D eigenvalue weighted by Crippen LogP contribution is 2.66. The second kappa shape index (κ2) is 22.5. The van der Waals surface area contributed by atoms with Gasteiger partial charge in [0, 0.05) is 19.6 Å². The summed E-state index contributed by atoms with van der Waals surface area (Å²) < 4.78 is 23.7. The minimum Gasteiger partial charge on any atom is -0.393 e. The summed E-state index contributed by atoms with van der Waals surface area (Å²) in [6.07, 6.45) is 13.1. The molecule has 0 saturated heterocycles. The zero-order valence-electron chi connectivity index (χ0n) is 39.3. The molecule has 0 aromatic heterocycles. The van der Waals surface area contributed by atoms with E-state index >= 15 is 0 Å². The molecule has 0 spiro atoms. The fraction of sp³-hybridized carbons (Fsp3) is 1.00. The molecule has 0 aromatic rings. The summed E-state index contributed by atoms with van der Waals surface area (Å²) >= 11 is 0. The Bertz CT molecular complexity index is 1220. The first kappa shape index (κ1) is 51.2. The topological polar surface area (TPSA) is 162 Å². The highest BCUT2D eigenvalue weighted by molar-refractivity contribution is 5.10. The van der Waals surface area contributed by atoms with Crippen LogP contribution < -0.4 is 10.6 Å². The summed E-state index contributed by atoms with van der Waals surface area (Å²) in [5.41, 5.74) is -0.728. The summed E-state index contributed by atoms with van der Waals surface area (Å²) in [5, 5.41) is 61.5. The zero-order chi connectivity index (χ0) is 43.6. The molecule has 4 aliphatic carbocycles. The van der Waals surface area contributed by atoms with E-state index in [9.17, 15) is 25.5 Å². The van der Waals surface area contributed by atoms with Crippen molar-refractivity contribution >= 4 is 0 Å². The van der Waals surface area contributed by atoms with Gasteiger partial charge in [0.1, 0.15) is 12.5 Å². The van der Waals surface area contributed by atoms with Crippen molar-refractivity contribution in [1.29, 1.82) is 0 Å². The minimum atomic E-state index is -0.855. The molecule has 13 unspecified atom stereocenters. The van der Waals surface area contributed by atoms with Gasteiger partial charge in [0.2, 0.25) is 0 Å². The van der Waals surface area contributed by atoms with E-state index < -0.39 is 36.1 Å². The first-order valence-electron chi connectivity index (χ1n) is 24.0. The van der Waals surface area contributed by atoms with E-state index in [0.29, 0.717) is 75.7 Å². The predicted molar refractivity (Wildman–Crippen MR) is 235 cm³/mol. The average Bonchev–Trinajstić information content (AvgIpc) is 3.51. The Kier molecular flexibility index (Phi) is 19.5. The Labute approximate surface area is 359 Å². The lowest BCUT2D eigenvalue weighted by atomic mass is 9.45. The summed E-state index contributed by atoms with van der Waals surface area (Å²) in [5.74, 6) is 2.75. The molecule has 11 nitrogen and oxygen atoms in total. The van der Waals surface area contributed by atoms with Gasteiger partial charge < -0.3 is 44.5 Å². The van der Waals surface area contributed by atoms with Crippen molar-refractivity contribution in [3.05, 3.63) is 0 Å². The van der Waals surface area contributed by atoms with E-state index in [0.717, 1.165) is 69.6 Å². The van der Waals surface area contributed by atoms with Crippen LogP contribution in [0.25, 0.3) is 0 Å². The van der Waals surface area contributed by atoms with Gasteiger partial charge in [-0.3, -0.25) is 10.6 Å². The van der Waals surface area contributed by atoms with Gasteiger partial charge in [-0.05, 0) is 177 Å². The van der Waals surface area contributed by atoms with E-state index in [-0.39, 0.29) is 29.1 Å². The summed E-state index contributed by atoms with van der Waals surface area (Å²) in [6, 6.07) is -0.283. The van der Waals surface area contributed by atoms with Crippen LogP contribution in [0.4, 0.5) is 0 Å². The maximum Gasteiger partial charge on any atom is 0.154 e. The lowest BCUT2D eigenvalue weighted by Gasteiger charge is -2.60. The lowest BCUT2D eigenvalue weighted by Crippen LogP contribution is -2.54. The van der Waals surface area contributed by atoms with Crippen LogP contribution in [0, 0.1) is 39.9 Å². The van der Waals surface area contributed by atoms with E-state index in [1.807, 2.05) is 27.7 Å². The molecule has 59 heavy (non-hydrogen) atoms. The molecule has 0 bridgehead atoms. The number of aliphatic hydroxyl groups excluding tert-OH is 5. The minimum absolute atomic E-state index is 0.0610.